The first-order valence-electron chi connectivity index (χ1n) is 6.41. The number of carbonyl (C=O) groups is 1. The minimum Gasteiger partial charge on any atom is -0.368 e. The highest BCUT2D eigenvalue weighted by molar-refractivity contribution is 5.81. The van der Waals surface area contributed by atoms with Gasteiger partial charge in [-0.2, -0.15) is 0 Å². The molecule has 0 aromatic rings. The van der Waals surface area contributed by atoms with E-state index in [1.807, 2.05) is 4.90 Å². The second-order valence-corrected chi connectivity index (χ2v) is 4.88. The molecule has 2 fully saturated rings. The van der Waals surface area contributed by atoms with E-state index >= 15 is 0 Å². The molecule has 0 radical (unpaired) electrons. The molecule has 0 aromatic heterocycles. The maximum absolute atomic E-state index is 12.2. The predicted molar refractivity (Wildman–Crippen MR) is 61.9 cm³/mol. The van der Waals surface area contributed by atoms with Gasteiger partial charge in [0.05, 0.1) is 0 Å². The molecule has 4 heteroatoms. The van der Waals surface area contributed by atoms with Crippen LogP contribution in [0.1, 0.15) is 32.1 Å². The topological polar surface area (TPSA) is 55.6 Å². The summed E-state index contributed by atoms with van der Waals surface area (Å²) in [5.41, 5.74) is 5.67. The molecule has 2 atom stereocenters. The van der Waals surface area contributed by atoms with E-state index in [-0.39, 0.29) is 12.0 Å². The number of piperidine rings is 1. The van der Waals surface area contributed by atoms with Crippen molar-refractivity contribution in [2.45, 2.75) is 38.2 Å². The van der Waals surface area contributed by atoms with Gasteiger partial charge in [-0.3, -0.25) is 4.79 Å². The van der Waals surface area contributed by atoms with Gasteiger partial charge in [-0.05, 0) is 44.6 Å². The van der Waals surface area contributed by atoms with Gasteiger partial charge < -0.3 is 15.4 Å². The molecule has 4 nitrogen and oxygen atoms in total. The van der Waals surface area contributed by atoms with Crippen LogP contribution in [0.25, 0.3) is 0 Å². The molecule has 1 amide bonds. The number of amides is 1. The summed E-state index contributed by atoms with van der Waals surface area (Å²) in [5, 5.41) is 0. The molecule has 2 heterocycles. The molecule has 2 aliphatic heterocycles. The molecule has 2 aliphatic rings. The third-order valence-electron chi connectivity index (χ3n) is 3.62. The van der Waals surface area contributed by atoms with Crippen molar-refractivity contribution in [1.82, 2.24) is 4.90 Å². The number of rotatable bonds is 2. The Morgan fingerprint density at radius 2 is 2.19 bits per heavy atom. The second kappa shape index (κ2) is 5.64. The van der Waals surface area contributed by atoms with E-state index < -0.39 is 0 Å². The average molecular weight is 226 g/mol. The third kappa shape index (κ3) is 2.74. The third-order valence-corrected chi connectivity index (χ3v) is 3.62. The SMILES string of the molecule is NCC1CCCN(C(=O)C2CCCCO2)C1. The fourth-order valence-electron chi connectivity index (χ4n) is 2.60. The van der Waals surface area contributed by atoms with Crippen molar-refractivity contribution >= 4 is 5.91 Å². The molecule has 2 rings (SSSR count). The first kappa shape index (κ1) is 11.9. The molecule has 0 aliphatic carbocycles. The normalized spacial score (nSPS) is 31.4. The van der Waals surface area contributed by atoms with Crippen LogP contribution in [-0.4, -0.2) is 43.2 Å². The fourth-order valence-corrected chi connectivity index (χ4v) is 2.60. The molecule has 92 valence electrons. The number of nitrogens with zero attached hydrogens (tertiary/aromatic N) is 1. The highest BCUT2D eigenvalue weighted by Crippen LogP contribution is 2.20. The number of hydrogen-bond donors (Lipinski definition) is 1. The summed E-state index contributed by atoms with van der Waals surface area (Å²) in [6.07, 6.45) is 5.17. The molecule has 0 aromatic carbocycles. The van der Waals surface area contributed by atoms with Crippen molar-refractivity contribution < 1.29 is 9.53 Å². The van der Waals surface area contributed by atoms with Crippen LogP contribution < -0.4 is 5.73 Å². The molecule has 2 unspecified atom stereocenters. The Morgan fingerprint density at radius 3 is 2.88 bits per heavy atom. The molecule has 0 bridgehead atoms. The smallest absolute Gasteiger partial charge is 0.251 e. The molecular weight excluding hydrogens is 204 g/mol. The van der Waals surface area contributed by atoms with Crippen molar-refractivity contribution in [1.29, 1.82) is 0 Å². The van der Waals surface area contributed by atoms with Crippen LogP contribution in [0.2, 0.25) is 0 Å². The summed E-state index contributed by atoms with van der Waals surface area (Å²) in [6.45, 7) is 3.14. The Morgan fingerprint density at radius 1 is 1.31 bits per heavy atom. The van der Waals surface area contributed by atoms with Crippen LogP contribution in [0.3, 0.4) is 0 Å². The Labute approximate surface area is 97.1 Å². The molecular formula is C12H22N2O2. The van der Waals surface area contributed by atoms with Crippen molar-refractivity contribution in [3.8, 4) is 0 Å². The van der Waals surface area contributed by atoms with E-state index in [1.165, 1.54) is 0 Å². The van der Waals surface area contributed by atoms with Gasteiger partial charge >= 0.3 is 0 Å². The van der Waals surface area contributed by atoms with E-state index in [4.69, 9.17) is 10.5 Å². The lowest BCUT2D eigenvalue weighted by atomic mass is 9.97. The summed E-state index contributed by atoms with van der Waals surface area (Å²) < 4.78 is 5.54. The quantitative estimate of drug-likeness (QED) is 0.756. The van der Waals surface area contributed by atoms with E-state index in [9.17, 15) is 4.79 Å². The van der Waals surface area contributed by atoms with Crippen molar-refractivity contribution in [2.24, 2.45) is 11.7 Å². The van der Waals surface area contributed by atoms with E-state index in [0.29, 0.717) is 12.5 Å². The predicted octanol–water partition coefficient (Wildman–Crippen LogP) is 0.753. The van der Waals surface area contributed by atoms with Gasteiger partial charge in [0, 0.05) is 19.7 Å². The van der Waals surface area contributed by atoms with Gasteiger partial charge in [0.2, 0.25) is 0 Å². The van der Waals surface area contributed by atoms with Crippen LogP contribution in [0, 0.1) is 5.92 Å². The van der Waals surface area contributed by atoms with Gasteiger partial charge in [0.1, 0.15) is 6.10 Å². The Balaban J connectivity index is 1.87. The van der Waals surface area contributed by atoms with Gasteiger partial charge in [-0.25, -0.2) is 0 Å². The second-order valence-electron chi connectivity index (χ2n) is 4.88. The van der Waals surface area contributed by atoms with Gasteiger partial charge in [0.25, 0.3) is 5.91 Å². The van der Waals surface area contributed by atoms with E-state index in [2.05, 4.69) is 0 Å². The molecule has 16 heavy (non-hydrogen) atoms. The summed E-state index contributed by atoms with van der Waals surface area (Å²) in [5.74, 6) is 0.680. The molecule has 0 saturated carbocycles. The lowest BCUT2D eigenvalue weighted by Crippen LogP contribution is -2.47. The highest BCUT2D eigenvalue weighted by atomic mass is 16.5. The first-order valence-corrected chi connectivity index (χ1v) is 6.41. The minimum atomic E-state index is -0.176. The highest BCUT2D eigenvalue weighted by Gasteiger charge is 2.29. The van der Waals surface area contributed by atoms with Gasteiger partial charge in [-0.15, -0.1) is 0 Å². The van der Waals surface area contributed by atoms with Crippen molar-refractivity contribution in [3.63, 3.8) is 0 Å². The Bertz CT molecular complexity index is 239. The minimum absolute atomic E-state index is 0.176. The average Bonchev–Trinajstić information content (AvgIpc) is 2.39. The number of hydrogen-bond acceptors (Lipinski definition) is 3. The van der Waals surface area contributed by atoms with Crippen LogP contribution in [0.4, 0.5) is 0 Å². The zero-order valence-electron chi connectivity index (χ0n) is 9.86. The standard InChI is InChI=1S/C12H22N2O2/c13-8-10-4-3-6-14(9-10)12(15)11-5-1-2-7-16-11/h10-11H,1-9,13H2. The zero-order valence-corrected chi connectivity index (χ0v) is 9.86. The maximum Gasteiger partial charge on any atom is 0.251 e. The summed E-state index contributed by atoms with van der Waals surface area (Å²) in [6, 6.07) is 0. The number of ether oxygens (including phenoxy) is 1. The van der Waals surface area contributed by atoms with Crippen molar-refractivity contribution in [3.05, 3.63) is 0 Å². The Kier molecular flexibility index (Phi) is 4.18. The van der Waals surface area contributed by atoms with Crippen LogP contribution >= 0.6 is 0 Å². The largest absolute Gasteiger partial charge is 0.368 e. The fraction of sp³-hybridized carbons (Fsp3) is 0.917. The van der Waals surface area contributed by atoms with Gasteiger partial charge in [-0.1, -0.05) is 0 Å². The maximum atomic E-state index is 12.2. The lowest BCUT2D eigenvalue weighted by Gasteiger charge is -2.35. The summed E-state index contributed by atoms with van der Waals surface area (Å²) >= 11 is 0. The zero-order chi connectivity index (χ0) is 11.4. The van der Waals surface area contributed by atoms with Crippen LogP contribution in [0.15, 0.2) is 0 Å². The summed E-state index contributed by atoms with van der Waals surface area (Å²) in [4.78, 5) is 14.1. The van der Waals surface area contributed by atoms with Crippen molar-refractivity contribution in [2.75, 3.05) is 26.2 Å². The van der Waals surface area contributed by atoms with Crippen LogP contribution in [0.5, 0.6) is 0 Å². The van der Waals surface area contributed by atoms with Gasteiger partial charge in [0.15, 0.2) is 0 Å². The summed E-state index contributed by atoms with van der Waals surface area (Å²) in [7, 11) is 0. The number of nitrogens with two attached hydrogens (primary N) is 1. The molecule has 2 saturated heterocycles. The van der Waals surface area contributed by atoms with E-state index in [0.717, 1.165) is 51.8 Å². The first-order chi connectivity index (χ1) is 7.81. The lowest BCUT2D eigenvalue weighted by molar-refractivity contribution is -0.148. The molecule has 2 N–H and O–H groups in total. The molecule has 0 spiro atoms. The van der Waals surface area contributed by atoms with Crippen LogP contribution in [-0.2, 0) is 9.53 Å². The number of carbonyl (C=O) groups excluding carboxylic acids is 1. The monoisotopic (exact) mass is 226 g/mol. The van der Waals surface area contributed by atoms with E-state index in [1.54, 1.807) is 0 Å². The Hall–Kier alpha value is -0.610. The number of likely N-dealkylation sites (tertiary alicyclic amines) is 1.